The Morgan fingerprint density at radius 3 is 2.60 bits per heavy atom. The van der Waals surface area contributed by atoms with Crippen LogP contribution in [-0.4, -0.2) is 0 Å². The molecule has 2 aliphatic rings. The fourth-order valence-electron chi connectivity index (χ4n) is 1.92. The molecule has 0 aromatic rings. The van der Waals surface area contributed by atoms with E-state index in [-0.39, 0.29) is 0 Å². The van der Waals surface area contributed by atoms with Crippen LogP contribution in [-0.2, 0) is 0 Å². The van der Waals surface area contributed by atoms with E-state index in [0.29, 0.717) is 5.41 Å². The summed E-state index contributed by atoms with van der Waals surface area (Å²) in [6.45, 7) is 2.40. The zero-order valence-corrected chi connectivity index (χ0v) is 6.56. The van der Waals surface area contributed by atoms with Gasteiger partial charge in [0, 0.05) is 0 Å². The summed E-state index contributed by atoms with van der Waals surface area (Å²) in [5.74, 6) is 0. The van der Waals surface area contributed by atoms with E-state index >= 15 is 0 Å². The van der Waals surface area contributed by atoms with Gasteiger partial charge in [-0.05, 0) is 24.7 Å². The highest BCUT2D eigenvalue weighted by atomic mass is 14.4. The molecule has 0 saturated heterocycles. The molecule has 0 heteroatoms. The third kappa shape index (κ3) is 0.749. The molecule has 1 saturated carbocycles. The number of allylic oxidation sites excluding steroid dienone is 4. The minimum absolute atomic E-state index is 0.601. The SMILES string of the molecule is CC1(C2=CC=CC2)CCC1. The normalized spacial score (nSPS) is 27.9. The highest BCUT2D eigenvalue weighted by Crippen LogP contribution is 2.48. The van der Waals surface area contributed by atoms with Crippen molar-refractivity contribution in [2.75, 3.05) is 0 Å². The molecule has 0 N–H and O–H groups in total. The second-order valence-electron chi connectivity index (χ2n) is 3.74. The average Bonchev–Trinajstić information content (AvgIpc) is 2.33. The first-order chi connectivity index (χ1) is 4.81. The minimum Gasteiger partial charge on any atom is -0.0804 e. The second kappa shape index (κ2) is 1.98. The fraction of sp³-hybridized carbons (Fsp3) is 0.600. The third-order valence-corrected chi connectivity index (χ3v) is 3.00. The monoisotopic (exact) mass is 134 g/mol. The lowest BCUT2D eigenvalue weighted by atomic mass is 9.65. The number of hydrogen-bond acceptors (Lipinski definition) is 0. The molecule has 0 aromatic carbocycles. The van der Waals surface area contributed by atoms with Crippen molar-refractivity contribution in [2.45, 2.75) is 32.6 Å². The lowest BCUT2D eigenvalue weighted by Crippen LogP contribution is -2.27. The molecule has 1 fully saturated rings. The van der Waals surface area contributed by atoms with Gasteiger partial charge in [-0.2, -0.15) is 0 Å². The Hall–Kier alpha value is -0.520. The van der Waals surface area contributed by atoms with Crippen molar-refractivity contribution in [3.63, 3.8) is 0 Å². The molecule has 2 aliphatic carbocycles. The first kappa shape index (κ1) is 6.21. The molecule has 0 radical (unpaired) electrons. The van der Waals surface area contributed by atoms with Crippen molar-refractivity contribution in [2.24, 2.45) is 5.41 Å². The fourth-order valence-corrected chi connectivity index (χ4v) is 1.92. The molecule has 54 valence electrons. The molecule has 10 heavy (non-hydrogen) atoms. The van der Waals surface area contributed by atoms with Crippen LogP contribution in [0.5, 0.6) is 0 Å². The predicted octanol–water partition coefficient (Wildman–Crippen LogP) is 3.06. The van der Waals surface area contributed by atoms with Crippen molar-refractivity contribution in [3.05, 3.63) is 23.8 Å². The van der Waals surface area contributed by atoms with Crippen molar-refractivity contribution in [1.29, 1.82) is 0 Å². The van der Waals surface area contributed by atoms with Crippen molar-refractivity contribution >= 4 is 0 Å². The number of hydrogen-bond donors (Lipinski definition) is 0. The first-order valence-corrected chi connectivity index (χ1v) is 4.17. The summed E-state index contributed by atoms with van der Waals surface area (Å²) in [6, 6.07) is 0. The Bertz CT molecular complexity index is 192. The molecule has 0 spiro atoms. The van der Waals surface area contributed by atoms with Gasteiger partial charge in [0.2, 0.25) is 0 Å². The smallest absolute Gasteiger partial charge is 0.0110 e. The highest BCUT2D eigenvalue weighted by molar-refractivity contribution is 5.29. The minimum atomic E-state index is 0.601. The summed E-state index contributed by atoms with van der Waals surface area (Å²) < 4.78 is 0. The summed E-state index contributed by atoms with van der Waals surface area (Å²) in [6.07, 6.45) is 12.3. The zero-order valence-electron chi connectivity index (χ0n) is 6.56. The van der Waals surface area contributed by atoms with Crippen molar-refractivity contribution in [1.82, 2.24) is 0 Å². The maximum atomic E-state index is 2.40. The lowest BCUT2D eigenvalue weighted by molar-refractivity contribution is 0.212. The standard InChI is InChI=1S/C10H14/c1-10(7-4-8-10)9-5-2-3-6-9/h2-3,5H,4,6-8H2,1H3. The average molecular weight is 134 g/mol. The second-order valence-corrected chi connectivity index (χ2v) is 3.74. The molecule has 0 bridgehead atoms. The van der Waals surface area contributed by atoms with E-state index in [1.807, 2.05) is 0 Å². The molecule has 0 heterocycles. The van der Waals surface area contributed by atoms with Gasteiger partial charge in [-0.15, -0.1) is 0 Å². The molecular weight excluding hydrogens is 120 g/mol. The van der Waals surface area contributed by atoms with Crippen LogP contribution in [0.4, 0.5) is 0 Å². The Kier molecular flexibility index (Phi) is 1.23. The maximum Gasteiger partial charge on any atom is -0.0110 e. The van der Waals surface area contributed by atoms with Crippen LogP contribution in [0.3, 0.4) is 0 Å². The van der Waals surface area contributed by atoms with Gasteiger partial charge in [0.1, 0.15) is 0 Å². The van der Waals surface area contributed by atoms with E-state index in [9.17, 15) is 0 Å². The Labute approximate surface area is 62.6 Å². The van der Waals surface area contributed by atoms with Crippen LogP contribution in [0.1, 0.15) is 32.6 Å². The Morgan fingerprint density at radius 1 is 1.40 bits per heavy atom. The van der Waals surface area contributed by atoms with Gasteiger partial charge in [0.25, 0.3) is 0 Å². The molecule has 0 aliphatic heterocycles. The topological polar surface area (TPSA) is 0 Å². The van der Waals surface area contributed by atoms with E-state index < -0.39 is 0 Å². The molecule has 0 atom stereocenters. The van der Waals surface area contributed by atoms with Gasteiger partial charge >= 0.3 is 0 Å². The van der Waals surface area contributed by atoms with E-state index in [1.165, 1.54) is 25.7 Å². The summed E-state index contributed by atoms with van der Waals surface area (Å²) in [4.78, 5) is 0. The van der Waals surface area contributed by atoms with Gasteiger partial charge in [-0.1, -0.05) is 37.1 Å². The van der Waals surface area contributed by atoms with Gasteiger partial charge in [0.15, 0.2) is 0 Å². The van der Waals surface area contributed by atoms with E-state index in [2.05, 4.69) is 25.2 Å². The van der Waals surface area contributed by atoms with E-state index in [4.69, 9.17) is 0 Å². The van der Waals surface area contributed by atoms with Gasteiger partial charge < -0.3 is 0 Å². The summed E-state index contributed by atoms with van der Waals surface area (Å²) in [5.41, 5.74) is 2.27. The summed E-state index contributed by atoms with van der Waals surface area (Å²) in [5, 5.41) is 0. The molecule has 2 rings (SSSR count). The molecule has 0 nitrogen and oxygen atoms in total. The van der Waals surface area contributed by atoms with Crippen molar-refractivity contribution < 1.29 is 0 Å². The molecule has 0 unspecified atom stereocenters. The van der Waals surface area contributed by atoms with Crippen LogP contribution < -0.4 is 0 Å². The highest BCUT2D eigenvalue weighted by Gasteiger charge is 2.34. The van der Waals surface area contributed by atoms with Crippen LogP contribution in [0.25, 0.3) is 0 Å². The zero-order chi connectivity index (χ0) is 7.03. The predicted molar refractivity (Wildman–Crippen MR) is 43.8 cm³/mol. The quantitative estimate of drug-likeness (QED) is 0.517. The maximum absolute atomic E-state index is 2.40. The summed E-state index contributed by atoms with van der Waals surface area (Å²) in [7, 11) is 0. The summed E-state index contributed by atoms with van der Waals surface area (Å²) >= 11 is 0. The molecular formula is C10H14. The van der Waals surface area contributed by atoms with Gasteiger partial charge in [-0.25, -0.2) is 0 Å². The van der Waals surface area contributed by atoms with Crippen LogP contribution in [0, 0.1) is 5.41 Å². The van der Waals surface area contributed by atoms with Gasteiger partial charge in [-0.3, -0.25) is 0 Å². The van der Waals surface area contributed by atoms with Crippen LogP contribution in [0.2, 0.25) is 0 Å². The van der Waals surface area contributed by atoms with Crippen LogP contribution >= 0.6 is 0 Å². The van der Waals surface area contributed by atoms with Gasteiger partial charge in [0.05, 0.1) is 0 Å². The molecule has 0 aromatic heterocycles. The van der Waals surface area contributed by atoms with E-state index in [1.54, 1.807) is 5.57 Å². The lowest BCUT2D eigenvalue weighted by Gasteiger charge is -2.40. The van der Waals surface area contributed by atoms with Crippen LogP contribution in [0.15, 0.2) is 23.8 Å². The van der Waals surface area contributed by atoms with E-state index in [0.717, 1.165) is 0 Å². The Morgan fingerprint density at radius 2 is 2.20 bits per heavy atom. The Balaban J connectivity index is 2.11. The first-order valence-electron chi connectivity index (χ1n) is 4.17. The number of rotatable bonds is 1. The third-order valence-electron chi connectivity index (χ3n) is 3.00. The molecule has 0 amide bonds. The largest absolute Gasteiger partial charge is 0.0804 e. The van der Waals surface area contributed by atoms with Crippen molar-refractivity contribution in [3.8, 4) is 0 Å².